The number of aromatic nitrogens is 1. The van der Waals surface area contributed by atoms with Gasteiger partial charge in [0.1, 0.15) is 5.82 Å². The van der Waals surface area contributed by atoms with Gasteiger partial charge in [0, 0.05) is 43.0 Å². The molecule has 1 aliphatic carbocycles. The third-order valence-corrected chi connectivity index (χ3v) is 4.99. The van der Waals surface area contributed by atoms with Crippen molar-refractivity contribution in [3.8, 4) is 0 Å². The topological polar surface area (TPSA) is 45.4 Å². The van der Waals surface area contributed by atoms with Gasteiger partial charge in [-0.25, -0.2) is 4.98 Å². The van der Waals surface area contributed by atoms with Crippen LogP contribution in [0.2, 0.25) is 0 Å². The van der Waals surface area contributed by atoms with Gasteiger partial charge in [0.05, 0.1) is 0 Å². The number of piperazine rings is 1. The molecule has 4 nitrogen and oxygen atoms in total. The zero-order valence-corrected chi connectivity index (χ0v) is 12.9. The zero-order valence-electron chi connectivity index (χ0n) is 12.9. The summed E-state index contributed by atoms with van der Waals surface area (Å²) < 4.78 is 0. The molecule has 1 fully saturated rings. The van der Waals surface area contributed by atoms with Gasteiger partial charge >= 0.3 is 0 Å². The van der Waals surface area contributed by atoms with Crippen molar-refractivity contribution in [1.29, 1.82) is 0 Å². The lowest BCUT2D eigenvalue weighted by Gasteiger charge is -2.43. The van der Waals surface area contributed by atoms with E-state index in [1.165, 1.54) is 29.7 Å². The van der Waals surface area contributed by atoms with E-state index in [0.29, 0.717) is 18.6 Å². The van der Waals surface area contributed by atoms with Crippen molar-refractivity contribution in [3.05, 3.63) is 22.9 Å². The molecule has 0 radical (unpaired) electrons. The quantitative estimate of drug-likeness (QED) is 0.889. The van der Waals surface area contributed by atoms with E-state index in [1.54, 1.807) is 0 Å². The third-order valence-electron chi connectivity index (χ3n) is 4.99. The number of anilines is 1. The molecule has 3 rings (SSSR count). The van der Waals surface area contributed by atoms with Crippen LogP contribution in [0.5, 0.6) is 0 Å². The van der Waals surface area contributed by atoms with Crippen LogP contribution < -0.4 is 10.6 Å². The van der Waals surface area contributed by atoms with Crippen LogP contribution in [0.25, 0.3) is 0 Å². The van der Waals surface area contributed by atoms with E-state index >= 15 is 0 Å². The van der Waals surface area contributed by atoms with Gasteiger partial charge in [-0.15, -0.1) is 0 Å². The van der Waals surface area contributed by atoms with E-state index in [2.05, 4.69) is 36.8 Å². The van der Waals surface area contributed by atoms with Crippen LogP contribution in [0.3, 0.4) is 0 Å². The summed E-state index contributed by atoms with van der Waals surface area (Å²) in [6.45, 7) is 7.25. The molecule has 1 aromatic heterocycles. The van der Waals surface area contributed by atoms with Crippen LogP contribution in [0.15, 0.2) is 6.07 Å². The number of pyridine rings is 1. The average Bonchev–Trinajstić information content (AvgIpc) is 2.89. The predicted molar refractivity (Wildman–Crippen MR) is 83.1 cm³/mol. The SMILES string of the molecule is CC1CN(c2nc3c(cc2CN)CCC3)CC(C)N1C. The van der Waals surface area contributed by atoms with Gasteiger partial charge in [-0.05, 0) is 51.8 Å². The Hall–Kier alpha value is -1.13. The normalized spacial score (nSPS) is 26.9. The van der Waals surface area contributed by atoms with E-state index < -0.39 is 0 Å². The summed E-state index contributed by atoms with van der Waals surface area (Å²) in [5.41, 5.74) is 9.91. The van der Waals surface area contributed by atoms with Crippen LogP contribution in [0, 0.1) is 0 Å². The molecule has 2 aliphatic rings. The first-order valence-electron chi connectivity index (χ1n) is 7.78. The number of nitrogens with zero attached hydrogens (tertiary/aromatic N) is 3. The largest absolute Gasteiger partial charge is 0.353 e. The van der Waals surface area contributed by atoms with Gasteiger partial charge in [-0.1, -0.05) is 0 Å². The number of likely N-dealkylation sites (N-methyl/N-ethyl adjacent to an activating group) is 1. The molecule has 1 aromatic rings. The van der Waals surface area contributed by atoms with Crippen LogP contribution in [-0.2, 0) is 19.4 Å². The monoisotopic (exact) mass is 274 g/mol. The van der Waals surface area contributed by atoms with E-state index in [0.717, 1.165) is 25.3 Å². The minimum absolute atomic E-state index is 0.555. The van der Waals surface area contributed by atoms with E-state index in [-0.39, 0.29) is 0 Å². The van der Waals surface area contributed by atoms with Gasteiger partial charge in [0.15, 0.2) is 0 Å². The maximum Gasteiger partial charge on any atom is 0.133 e. The van der Waals surface area contributed by atoms with Crippen LogP contribution in [-0.4, -0.2) is 42.1 Å². The minimum atomic E-state index is 0.555. The molecule has 1 saturated heterocycles. The summed E-state index contributed by atoms with van der Waals surface area (Å²) in [6, 6.07) is 3.41. The summed E-state index contributed by atoms with van der Waals surface area (Å²) in [6.07, 6.45) is 3.54. The van der Waals surface area contributed by atoms with Crippen LogP contribution in [0.4, 0.5) is 5.82 Å². The molecule has 0 amide bonds. The number of rotatable bonds is 2. The molecule has 0 saturated carbocycles. The summed E-state index contributed by atoms with van der Waals surface area (Å²) in [5, 5.41) is 0. The molecule has 20 heavy (non-hydrogen) atoms. The fourth-order valence-corrected chi connectivity index (χ4v) is 3.51. The van der Waals surface area contributed by atoms with Crippen LogP contribution in [0.1, 0.15) is 37.1 Å². The molecule has 110 valence electrons. The summed E-state index contributed by atoms with van der Waals surface area (Å²) >= 11 is 0. The van der Waals surface area contributed by atoms with Crippen molar-refractivity contribution in [2.45, 2.75) is 51.7 Å². The predicted octanol–water partition coefficient (Wildman–Crippen LogP) is 1.56. The van der Waals surface area contributed by atoms with Gasteiger partial charge in [-0.3, -0.25) is 4.90 Å². The maximum atomic E-state index is 5.97. The molecule has 2 unspecified atom stereocenters. The Labute approximate surface area is 122 Å². The van der Waals surface area contributed by atoms with Crippen molar-refractivity contribution in [2.24, 2.45) is 5.73 Å². The molecule has 4 heteroatoms. The highest BCUT2D eigenvalue weighted by molar-refractivity contribution is 5.51. The van der Waals surface area contributed by atoms with E-state index in [4.69, 9.17) is 10.7 Å². The van der Waals surface area contributed by atoms with Crippen LogP contribution >= 0.6 is 0 Å². The molecule has 0 bridgehead atoms. The Balaban J connectivity index is 1.93. The molecule has 2 heterocycles. The van der Waals surface area contributed by atoms with Gasteiger partial charge in [0.25, 0.3) is 0 Å². The van der Waals surface area contributed by atoms with Crippen molar-refractivity contribution >= 4 is 5.82 Å². The molecule has 0 spiro atoms. The molecule has 1 aliphatic heterocycles. The first-order valence-corrected chi connectivity index (χ1v) is 7.78. The number of nitrogens with two attached hydrogens (primary N) is 1. The molecular weight excluding hydrogens is 248 g/mol. The Morgan fingerprint density at radius 3 is 2.60 bits per heavy atom. The first-order chi connectivity index (χ1) is 9.60. The zero-order chi connectivity index (χ0) is 14.3. The lowest BCUT2D eigenvalue weighted by Crippen LogP contribution is -2.55. The van der Waals surface area contributed by atoms with Gasteiger partial charge < -0.3 is 10.6 Å². The Morgan fingerprint density at radius 2 is 1.95 bits per heavy atom. The fraction of sp³-hybridized carbons (Fsp3) is 0.688. The lowest BCUT2D eigenvalue weighted by atomic mass is 10.1. The van der Waals surface area contributed by atoms with Gasteiger partial charge in [0.2, 0.25) is 0 Å². The second-order valence-electron chi connectivity index (χ2n) is 6.40. The third kappa shape index (κ3) is 2.31. The summed E-state index contributed by atoms with van der Waals surface area (Å²) in [7, 11) is 2.21. The second kappa shape index (κ2) is 5.34. The standard InChI is InChI=1S/C16H26N4/c1-11-9-20(10-12(2)19(11)3)16-14(8-17)7-13-5-4-6-15(13)18-16/h7,11-12H,4-6,8-10,17H2,1-3H3. The maximum absolute atomic E-state index is 5.97. The summed E-state index contributed by atoms with van der Waals surface area (Å²) in [4.78, 5) is 9.86. The number of hydrogen-bond donors (Lipinski definition) is 1. The highest BCUT2D eigenvalue weighted by atomic mass is 15.3. The smallest absolute Gasteiger partial charge is 0.133 e. The highest BCUT2D eigenvalue weighted by Gasteiger charge is 2.29. The van der Waals surface area contributed by atoms with Crippen molar-refractivity contribution in [2.75, 3.05) is 25.0 Å². The molecule has 0 aromatic carbocycles. The molecule has 2 atom stereocenters. The second-order valence-corrected chi connectivity index (χ2v) is 6.40. The average molecular weight is 274 g/mol. The Kier molecular flexibility index (Phi) is 3.69. The van der Waals surface area contributed by atoms with E-state index in [1.807, 2.05) is 0 Å². The number of aryl methyl sites for hydroxylation is 2. The highest BCUT2D eigenvalue weighted by Crippen LogP contribution is 2.29. The van der Waals surface area contributed by atoms with Crippen molar-refractivity contribution < 1.29 is 0 Å². The van der Waals surface area contributed by atoms with Crippen molar-refractivity contribution in [1.82, 2.24) is 9.88 Å². The van der Waals surface area contributed by atoms with Gasteiger partial charge in [-0.2, -0.15) is 0 Å². The lowest BCUT2D eigenvalue weighted by molar-refractivity contribution is 0.169. The molecule has 2 N–H and O–H groups in total. The molecular formula is C16H26N4. The van der Waals surface area contributed by atoms with E-state index in [9.17, 15) is 0 Å². The Morgan fingerprint density at radius 1 is 1.25 bits per heavy atom. The fourth-order valence-electron chi connectivity index (χ4n) is 3.51. The van der Waals surface area contributed by atoms with Crippen molar-refractivity contribution in [3.63, 3.8) is 0 Å². The number of hydrogen-bond acceptors (Lipinski definition) is 4. The number of fused-ring (bicyclic) bond motifs is 1. The minimum Gasteiger partial charge on any atom is -0.353 e. The Bertz CT molecular complexity index is 487. The first kappa shape index (κ1) is 13.8. The summed E-state index contributed by atoms with van der Waals surface area (Å²) in [5.74, 6) is 1.14.